The van der Waals surface area contributed by atoms with Gasteiger partial charge in [-0.1, -0.05) is 32.0 Å². The van der Waals surface area contributed by atoms with Gasteiger partial charge in [-0.2, -0.15) is 0 Å². The van der Waals surface area contributed by atoms with Gasteiger partial charge in [0, 0.05) is 6.54 Å². The number of para-hydroxylation sites is 1. The molecule has 0 saturated carbocycles. The Balaban J connectivity index is 2.33. The van der Waals surface area contributed by atoms with Gasteiger partial charge in [-0.15, -0.1) is 0 Å². The molecule has 0 aliphatic carbocycles. The zero-order valence-electron chi connectivity index (χ0n) is 10.8. The molecule has 1 rings (SSSR count). The van der Waals surface area contributed by atoms with Crippen molar-refractivity contribution in [3.8, 4) is 5.75 Å². The Bertz CT molecular complexity index is 315. The van der Waals surface area contributed by atoms with E-state index in [0.717, 1.165) is 25.1 Å². The third-order valence-electron chi connectivity index (χ3n) is 2.59. The maximum Gasteiger partial charge on any atom is 0.122 e. The van der Waals surface area contributed by atoms with Crippen molar-refractivity contribution in [2.24, 2.45) is 0 Å². The molecular formula is C14H23NO2. The van der Waals surface area contributed by atoms with Crippen molar-refractivity contribution in [3.63, 3.8) is 0 Å². The topological polar surface area (TPSA) is 41.5 Å². The summed E-state index contributed by atoms with van der Waals surface area (Å²) in [7, 11) is 0. The fourth-order valence-corrected chi connectivity index (χ4v) is 1.63. The van der Waals surface area contributed by atoms with Crippen molar-refractivity contribution in [1.82, 2.24) is 5.32 Å². The van der Waals surface area contributed by atoms with Crippen LogP contribution in [-0.2, 0) is 6.42 Å². The number of rotatable bonds is 8. The molecule has 0 heterocycles. The van der Waals surface area contributed by atoms with E-state index in [1.165, 1.54) is 5.56 Å². The second-order valence-electron chi connectivity index (χ2n) is 4.13. The van der Waals surface area contributed by atoms with Crippen molar-refractivity contribution in [2.75, 3.05) is 19.7 Å². The lowest BCUT2D eigenvalue weighted by Gasteiger charge is -2.14. The van der Waals surface area contributed by atoms with Crippen molar-refractivity contribution in [1.29, 1.82) is 0 Å². The van der Waals surface area contributed by atoms with Gasteiger partial charge in [-0.25, -0.2) is 0 Å². The Kier molecular flexibility index (Phi) is 6.67. The molecule has 0 aliphatic rings. The van der Waals surface area contributed by atoms with Gasteiger partial charge >= 0.3 is 0 Å². The minimum atomic E-state index is -0.452. The summed E-state index contributed by atoms with van der Waals surface area (Å²) >= 11 is 0. The fraction of sp³-hybridized carbons (Fsp3) is 0.571. The van der Waals surface area contributed by atoms with Crippen LogP contribution in [0, 0.1) is 0 Å². The molecule has 0 fully saturated rings. The number of hydrogen-bond donors (Lipinski definition) is 2. The van der Waals surface area contributed by atoms with Crippen LogP contribution in [0.15, 0.2) is 24.3 Å². The van der Waals surface area contributed by atoms with Crippen LogP contribution >= 0.6 is 0 Å². The number of aryl methyl sites for hydroxylation is 1. The zero-order chi connectivity index (χ0) is 12.5. The van der Waals surface area contributed by atoms with Gasteiger partial charge in [0.05, 0.1) is 0 Å². The molecule has 2 N–H and O–H groups in total. The first kappa shape index (κ1) is 14.0. The van der Waals surface area contributed by atoms with E-state index in [-0.39, 0.29) is 0 Å². The van der Waals surface area contributed by atoms with E-state index in [2.05, 4.69) is 25.2 Å². The third-order valence-corrected chi connectivity index (χ3v) is 2.59. The van der Waals surface area contributed by atoms with Gasteiger partial charge in [-0.3, -0.25) is 0 Å². The van der Waals surface area contributed by atoms with Crippen LogP contribution in [0.3, 0.4) is 0 Å². The number of aliphatic hydroxyl groups is 1. The highest BCUT2D eigenvalue weighted by Crippen LogP contribution is 2.18. The molecule has 0 spiro atoms. The molecule has 3 heteroatoms. The highest BCUT2D eigenvalue weighted by molar-refractivity contribution is 5.33. The second-order valence-corrected chi connectivity index (χ2v) is 4.13. The largest absolute Gasteiger partial charge is 0.491 e. The standard InChI is InChI=1S/C14H23NO2/c1-3-9-15-10-13(16)11-17-14-8-6-5-7-12(14)4-2/h5-8,13,15-16H,3-4,9-11H2,1-2H3/t13-/m0/s1. The summed E-state index contributed by atoms with van der Waals surface area (Å²) in [6.45, 7) is 6.06. The minimum Gasteiger partial charge on any atom is -0.491 e. The smallest absolute Gasteiger partial charge is 0.122 e. The Morgan fingerprint density at radius 3 is 2.76 bits per heavy atom. The van der Waals surface area contributed by atoms with Gasteiger partial charge in [-0.05, 0) is 31.0 Å². The molecule has 1 aromatic rings. The monoisotopic (exact) mass is 237 g/mol. The highest BCUT2D eigenvalue weighted by Gasteiger charge is 2.06. The molecule has 0 radical (unpaired) electrons. The number of aliphatic hydroxyl groups excluding tert-OH is 1. The van der Waals surface area contributed by atoms with E-state index in [1.807, 2.05) is 18.2 Å². The van der Waals surface area contributed by atoms with Crippen LogP contribution in [0.25, 0.3) is 0 Å². The number of ether oxygens (including phenoxy) is 1. The Labute approximate surface area is 104 Å². The molecule has 0 bridgehead atoms. The van der Waals surface area contributed by atoms with Gasteiger partial charge in [0.25, 0.3) is 0 Å². The predicted octanol–water partition coefficient (Wildman–Crippen LogP) is 1.99. The number of hydrogen-bond acceptors (Lipinski definition) is 3. The molecule has 0 amide bonds. The highest BCUT2D eigenvalue weighted by atomic mass is 16.5. The molecule has 1 atom stereocenters. The van der Waals surface area contributed by atoms with E-state index >= 15 is 0 Å². The summed E-state index contributed by atoms with van der Waals surface area (Å²) in [4.78, 5) is 0. The van der Waals surface area contributed by atoms with Crippen molar-refractivity contribution in [3.05, 3.63) is 29.8 Å². The summed E-state index contributed by atoms with van der Waals surface area (Å²) in [6, 6.07) is 7.96. The number of nitrogens with one attached hydrogen (secondary N) is 1. The fourth-order valence-electron chi connectivity index (χ4n) is 1.63. The summed E-state index contributed by atoms with van der Waals surface area (Å²) in [6.07, 6.45) is 1.57. The van der Waals surface area contributed by atoms with Crippen LogP contribution in [0.1, 0.15) is 25.8 Å². The first-order chi connectivity index (χ1) is 8.27. The summed E-state index contributed by atoms with van der Waals surface area (Å²) in [5.41, 5.74) is 1.18. The van der Waals surface area contributed by atoms with Gasteiger partial charge in [0.2, 0.25) is 0 Å². The minimum absolute atomic E-state index is 0.341. The van der Waals surface area contributed by atoms with E-state index < -0.39 is 6.10 Å². The number of benzene rings is 1. The maximum absolute atomic E-state index is 9.71. The van der Waals surface area contributed by atoms with E-state index in [1.54, 1.807) is 0 Å². The average molecular weight is 237 g/mol. The van der Waals surface area contributed by atoms with Gasteiger partial charge in [0.1, 0.15) is 18.5 Å². The summed E-state index contributed by atoms with van der Waals surface area (Å²) in [5, 5.41) is 12.9. The first-order valence-electron chi connectivity index (χ1n) is 6.37. The Morgan fingerprint density at radius 1 is 1.29 bits per heavy atom. The summed E-state index contributed by atoms with van der Waals surface area (Å²) < 4.78 is 5.63. The molecule has 0 aromatic heterocycles. The van der Waals surface area contributed by atoms with Crippen molar-refractivity contribution < 1.29 is 9.84 Å². The van der Waals surface area contributed by atoms with Gasteiger partial charge in [0.15, 0.2) is 0 Å². The SMILES string of the molecule is CCCNC[C@H](O)COc1ccccc1CC. The molecule has 0 aliphatic heterocycles. The van der Waals surface area contributed by atoms with E-state index in [9.17, 15) is 5.11 Å². The quantitative estimate of drug-likeness (QED) is 0.679. The second kappa shape index (κ2) is 8.09. The lowest BCUT2D eigenvalue weighted by molar-refractivity contribution is 0.106. The van der Waals surface area contributed by atoms with Crippen LogP contribution in [0.5, 0.6) is 5.75 Å². The lowest BCUT2D eigenvalue weighted by Crippen LogP contribution is -2.31. The van der Waals surface area contributed by atoms with E-state index in [0.29, 0.717) is 13.2 Å². The average Bonchev–Trinajstić information content (AvgIpc) is 2.37. The molecule has 0 saturated heterocycles. The molecule has 17 heavy (non-hydrogen) atoms. The van der Waals surface area contributed by atoms with E-state index in [4.69, 9.17) is 4.74 Å². The Morgan fingerprint density at radius 2 is 2.06 bits per heavy atom. The van der Waals surface area contributed by atoms with Crippen LogP contribution in [0.2, 0.25) is 0 Å². The van der Waals surface area contributed by atoms with Crippen LogP contribution < -0.4 is 10.1 Å². The van der Waals surface area contributed by atoms with Crippen LogP contribution in [-0.4, -0.2) is 30.9 Å². The zero-order valence-corrected chi connectivity index (χ0v) is 10.8. The van der Waals surface area contributed by atoms with Crippen molar-refractivity contribution >= 4 is 0 Å². The molecule has 3 nitrogen and oxygen atoms in total. The third kappa shape index (κ3) is 5.20. The lowest BCUT2D eigenvalue weighted by atomic mass is 10.1. The predicted molar refractivity (Wildman–Crippen MR) is 70.5 cm³/mol. The molecule has 1 aromatic carbocycles. The van der Waals surface area contributed by atoms with Gasteiger partial charge < -0.3 is 15.2 Å². The normalized spacial score (nSPS) is 12.4. The summed E-state index contributed by atoms with van der Waals surface area (Å²) in [5.74, 6) is 0.879. The molecule has 96 valence electrons. The maximum atomic E-state index is 9.71. The van der Waals surface area contributed by atoms with Crippen LogP contribution in [0.4, 0.5) is 0 Å². The van der Waals surface area contributed by atoms with Crippen molar-refractivity contribution in [2.45, 2.75) is 32.8 Å². The molecule has 0 unspecified atom stereocenters. The molecular weight excluding hydrogens is 214 g/mol. The Hall–Kier alpha value is -1.06. The first-order valence-corrected chi connectivity index (χ1v) is 6.37.